The Bertz CT molecular complexity index is 465. The zero-order valence-electron chi connectivity index (χ0n) is 9.27. The molecule has 0 atom stereocenters. The molecule has 2 aromatic rings. The first-order valence-electron chi connectivity index (χ1n) is 4.98. The lowest BCUT2D eigenvalue weighted by molar-refractivity contribution is 0.122. The molecule has 62 valence electrons. The molecule has 1 heterocycles. The topological polar surface area (TPSA) is 39.9 Å². The highest BCUT2D eigenvalue weighted by Crippen LogP contribution is 2.08. The van der Waals surface area contributed by atoms with Gasteiger partial charge in [-0.2, -0.15) is 0 Å². The van der Waals surface area contributed by atoms with Crippen LogP contribution in [0.3, 0.4) is 0 Å². The van der Waals surface area contributed by atoms with Crippen LogP contribution in [0.2, 0.25) is 0 Å². The van der Waals surface area contributed by atoms with E-state index in [2.05, 4.69) is 15.0 Å². The van der Waals surface area contributed by atoms with Crippen LogP contribution in [-0.4, -0.2) is 22.0 Å². The molecule has 0 saturated carbocycles. The van der Waals surface area contributed by atoms with Crippen LogP contribution in [0.4, 0.5) is 0 Å². The second kappa shape index (κ2) is 2.91. The van der Waals surface area contributed by atoms with Crippen molar-refractivity contribution in [2.45, 2.75) is 6.73 Å². The minimum absolute atomic E-state index is 0.128. The van der Waals surface area contributed by atoms with E-state index in [1.807, 2.05) is 12.1 Å². The predicted molar refractivity (Wildman–Crippen MR) is 44.5 cm³/mol. The van der Waals surface area contributed by atoms with Gasteiger partial charge in [0.2, 0.25) is 0 Å². The van der Waals surface area contributed by atoms with Crippen molar-refractivity contribution < 1.29 is 8.85 Å². The van der Waals surface area contributed by atoms with Gasteiger partial charge in [-0.05, 0) is 12.1 Å². The van der Waals surface area contributed by atoms with Gasteiger partial charge in [0.05, 0.1) is 9.63 Å². The van der Waals surface area contributed by atoms with E-state index in [-0.39, 0.29) is 6.73 Å². The van der Waals surface area contributed by atoms with Crippen LogP contribution >= 0.6 is 0 Å². The van der Waals surface area contributed by atoms with E-state index in [0.29, 0.717) is 5.52 Å². The van der Waals surface area contributed by atoms with E-state index >= 15 is 0 Å². The largest absolute Gasteiger partial charge is 0.362 e. The third-order valence-electron chi connectivity index (χ3n) is 1.61. The van der Waals surface area contributed by atoms with Crippen LogP contribution in [0, 0.1) is 0 Å². The molecule has 0 fully saturated rings. The number of hydrogen-bond donors (Lipinski definition) is 0. The molecule has 0 amide bonds. The number of benzene rings is 1. The summed E-state index contributed by atoms with van der Waals surface area (Å²) in [4.78, 5) is 0. The van der Waals surface area contributed by atoms with E-state index in [1.165, 1.54) is 4.68 Å². The molecule has 12 heavy (non-hydrogen) atoms. The Morgan fingerprint density at radius 2 is 2.50 bits per heavy atom. The van der Waals surface area contributed by atoms with Gasteiger partial charge in [-0.15, -0.1) is 5.10 Å². The van der Waals surface area contributed by atoms with Crippen molar-refractivity contribution in [2.75, 3.05) is 7.04 Å². The van der Waals surface area contributed by atoms with E-state index in [1.54, 1.807) is 12.1 Å². The normalized spacial score (nSPS) is 15.5. The third kappa shape index (κ3) is 1.06. The first-order valence-corrected chi connectivity index (χ1v) is 3.48. The van der Waals surface area contributed by atoms with Gasteiger partial charge >= 0.3 is 0 Å². The van der Waals surface area contributed by atoms with Gasteiger partial charge < -0.3 is 4.74 Å². The van der Waals surface area contributed by atoms with Crippen molar-refractivity contribution in [3.05, 3.63) is 24.3 Å². The summed E-state index contributed by atoms with van der Waals surface area (Å²) < 4.78 is 26.7. The standard InChI is InChI=1S/C8H9N3O/c1-12-6-11-8-5-3-2-4-7(8)9-10-11/h2-5H,6H2,1H3/i1D3. The van der Waals surface area contributed by atoms with Crippen molar-refractivity contribution >= 4 is 11.0 Å². The van der Waals surface area contributed by atoms with E-state index in [9.17, 15) is 0 Å². The molecule has 4 nitrogen and oxygen atoms in total. The number of para-hydroxylation sites is 1. The van der Waals surface area contributed by atoms with Crippen LogP contribution in [0.25, 0.3) is 11.0 Å². The fourth-order valence-electron chi connectivity index (χ4n) is 1.07. The highest BCUT2D eigenvalue weighted by Gasteiger charge is 2.00. The minimum Gasteiger partial charge on any atom is -0.362 e. The maximum absolute atomic E-state index is 6.89. The summed E-state index contributed by atoms with van der Waals surface area (Å²) in [7, 11) is -2.41. The molecule has 2 rings (SSSR count). The Labute approximate surface area is 74.0 Å². The summed E-state index contributed by atoms with van der Waals surface area (Å²) in [6.07, 6.45) is 0. The highest BCUT2D eigenvalue weighted by atomic mass is 16.5. The number of aromatic nitrogens is 3. The monoisotopic (exact) mass is 166 g/mol. The van der Waals surface area contributed by atoms with Crippen LogP contribution in [0.15, 0.2) is 24.3 Å². The SMILES string of the molecule is [2H]C([2H])([2H])OCn1nnc2ccccc21. The average Bonchev–Trinajstić information content (AvgIpc) is 2.57. The third-order valence-corrected chi connectivity index (χ3v) is 1.61. The number of rotatable bonds is 2. The van der Waals surface area contributed by atoms with Crippen LogP contribution in [0.1, 0.15) is 4.11 Å². The number of fused-ring (bicyclic) bond motifs is 1. The molecule has 0 radical (unpaired) electrons. The van der Waals surface area contributed by atoms with Crippen LogP contribution in [-0.2, 0) is 11.5 Å². The maximum atomic E-state index is 6.89. The lowest BCUT2D eigenvalue weighted by atomic mass is 10.3. The average molecular weight is 166 g/mol. The van der Waals surface area contributed by atoms with Crippen LogP contribution in [0.5, 0.6) is 0 Å². The summed E-state index contributed by atoms with van der Waals surface area (Å²) >= 11 is 0. The van der Waals surface area contributed by atoms with E-state index in [0.717, 1.165) is 5.52 Å². The first kappa shape index (κ1) is 4.57. The number of nitrogens with zero attached hydrogens (tertiary/aromatic N) is 3. The molecule has 0 saturated heterocycles. The van der Waals surface area contributed by atoms with Gasteiger partial charge in [0.15, 0.2) is 0 Å². The molecule has 0 aliphatic rings. The van der Waals surface area contributed by atoms with E-state index < -0.39 is 7.04 Å². The second-order valence-electron chi connectivity index (χ2n) is 2.35. The highest BCUT2D eigenvalue weighted by molar-refractivity contribution is 5.73. The Morgan fingerprint density at radius 1 is 1.58 bits per heavy atom. The second-order valence-corrected chi connectivity index (χ2v) is 2.35. The van der Waals surface area contributed by atoms with Crippen molar-refractivity contribution in [1.82, 2.24) is 15.0 Å². The quantitative estimate of drug-likeness (QED) is 0.669. The number of methoxy groups -OCH3 is 1. The zero-order chi connectivity index (χ0) is 10.9. The molecule has 0 aliphatic carbocycles. The summed E-state index contributed by atoms with van der Waals surface area (Å²) in [6, 6.07) is 7.27. The van der Waals surface area contributed by atoms with Gasteiger partial charge in [-0.3, -0.25) is 0 Å². The molecule has 1 aromatic carbocycles. The van der Waals surface area contributed by atoms with Crippen molar-refractivity contribution in [1.29, 1.82) is 0 Å². The van der Waals surface area contributed by atoms with Gasteiger partial charge in [0.25, 0.3) is 0 Å². The first-order chi connectivity index (χ1) is 7.06. The molecule has 4 heteroatoms. The molecule has 0 spiro atoms. The molecule has 0 N–H and O–H groups in total. The summed E-state index contributed by atoms with van der Waals surface area (Å²) in [5.41, 5.74) is 1.47. The van der Waals surface area contributed by atoms with Crippen LogP contribution < -0.4 is 0 Å². The summed E-state index contributed by atoms with van der Waals surface area (Å²) in [5, 5.41) is 7.66. The lowest BCUT2D eigenvalue weighted by Gasteiger charge is -1.97. The predicted octanol–water partition coefficient (Wildman–Crippen LogP) is 1.04. The minimum atomic E-state index is -2.41. The lowest BCUT2D eigenvalue weighted by Crippen LogP contribution is -2.01. The fourth-order valence-corrected chi connectivity index (χ4v) is 1.07. The Balaban J connectivity index is 2.22. The molecular weight excluding hydrogens is 154 g/mol. The molecule has 0 bridgehead atoms. The maximum Gasteiger partial charge on any atom is 0.141 e. The molecule has 1 aromatic heterocycles. The fraction of sp³-hybridized carbons (Fsp3) is 0.250. The molecule has 0 unspecified atom stereocenters. The number of hydrogen-bond acceptors (Lipinski definition) is 3. The Morgan fingerprint density at radius 3 is 3.42 bits per heavy atom. The Hall–Kier alpha value is -1.42. The zero-order valence-corrected chi connectivity index (χ0v) is 6.27. The molecule has 0 aliphatic heterocycles. The van der Waals surface area contributed by atoms with Crippen molar-refractivity contribution in [3.63, 3.8) is 0 Å². The van der Waals surface area contributed by atoms with Crippen molar-refractivity contribution in [3.8, 4) is 0 Å². The molecular formula is C8H9N3O. The summed E-state index contributed by atoms with van der Waals surface area (Å²) in [6.45, 7) is -0.128. The Kier molecular flexibility index (Phi) is 1.11. The number of ether oxygens (including phenoxy) is 1. The van der Waals surface area contributed by atoms with Gasteiger partial charge in [-0.25, -0.2) is 4.68 Å². The van der Waals surface area contributed by atoms with Gasteiger partial charge in [0, 0.05) is 7.04 Å². The van der Waals surface area contributed by atoms with E-state index in [4.69, 9.17) is 4.11 Å². The van der Waals surface area contributed by atoms with Gasteiger partial charge in [0.1, 0.15) is 12.2 Å². The van der Waals surface area contributed by atoms with Gasteiger partial charge in [-0.1, -0.05) is 17.3 Å². The smallest absolute Gasteiger partial charge is 0.141 e. The summed E-state index contributed by atoms with van der Waals surface area (Å²) in [5.74, 6) is 0. The van der Waals surface area contributed by atoms with Crippen molar-refractivity contribution in [2.24, 2.45) is 0 Å².